The fraction of sp³-hybridized carbons (Fsp3) is 0.429. The van der Waals surface area contributed by atoms with Crippen molar-refractivity contribution in [1.82, 2.24) is 15.5 Å². The van der Waals surface area contributed by atoms with Gasteiger partial charge >= 0.3 is 0 Å². The first-order valence-corrected chi connectivity index (χ1v) is 7.77. The maximum atomic E-state index is 12.1. The van der Waals surface area contributed by atoms with E-state index in [-0.39, 0.29) is 5.91 Å². The summed E-state index contributed by atoms with van der Waals surface area (Å²) < 4.78 is 0. The van der Waals surface area contributed by atoms with Crippen LogP contribution in [-0.2, 0) is 0 Å². The summed E-state index contributed by atoms with van der Waals surface area (Å²) in [5.74, 6) is 3.09. The van der Waals surface area contributed by atoms with E-state index in [2.05, 4.69) is 15.5 Å². The number of fused-ring (bicyclic) bond motifs is 1. The Bertz CT molecular complexity index is 575. The molecule has 3 rings (SSSR count). The molecule has 0 atom stereocenters. The third-order valence-corrected chi connectivity index (χ3v) is 4.65. The van der Waals surface area contributed by atoms with Crippen LogP contribution in [0.2, 0.25) is 0 Å². The number of nitrogens with one attached hydrogen (secondary N) is 2. The van der Waals surface area contributed by atoms with Crippen LogP contribution in [0.25, 0.3) is 10.9 Å². The molecule has 2 N–H and O–H groups in total. The van der Waals surface area contributed by atoms with Gasteiger partial charge in [-0.1, -0.05) is 6.07 Å². The number of thioether (sulfide) groups is 1. The summed E-state index contributed by atoms with van der Waals surface area (Å²) in [5, 5.41) is 10.9. The second kappa shape index (κ2) is 5.65. The fourth-order valence-corrected chi connectivity index (χ4v) is 3.57. The molecule has 19 heavy (non-hydrogen) atoms. The number of aromatic amines is 1. The highest BCUT2D eigenvalue weighted by Crippen LogP contribution is 2.22. The van der Waals surface area contributed by atoms with Crippen LogP contribution in [0.4, 0.5) is 0 Å². The third-order valence-electron chi connectivity index (χ3n) is 3.60. The molecule has 1 fully saturated rings. The Morgan fingerprint density at radius 2 is 2.26 bits per heavy atom. The lowest BCUT2D eigenvalue weighted by Gasteiger charge is -2.21. The molecule has 4 nitrogen and oxygen atoms in total. The van der Waals surface area contributed by atoms with E-state index in [1.54, 1.807) is 6.20 Å². The number of nitrogens with zero attached hydrogens (tertiary/aromatic N) is 1. The standard InChI is InChI=1S/C14H17N3OS/c18-14(15-8-10-3-5-19-6-4-10)11-1-2-12-9-16-17-13(12)7-11/h1-2,7,9-10H,3-6,8H2,(H,15,18)(H,16,17). The fourth-order valence-electron chi connectivity index (χ4n) is 2.37. The highest BCUT2D eigenvalue weighted by Gasteiger charge is 2.15. The monoisotopic (exact) mass is 275 g/mol. The summed E-state index contributed by atoms with van der Waals surface area (Å²) in [7, 11) is 0. The molecule has 0 bridgehead atoms. The SMILES string of the molecule is O=C(NCC1CCSCC1)c1ccc2cn[nH]c2c1. The predicted octanol–water partition coefficient (Wildman–Crippen LogP) is 2.44. The number of H-pyrrole nitrogens is 1. The van der Waals surface area contributed by atoms with E-state index in [9.17, 15) is 4.79 Å². The summed E-state index contributed by atoms with van der Waals surface area (Å²) in [4.78, 5) is 12.1. The molecule has 1 aromatic carbocycles. The van der Waals surface area contributed by atoms with Crippen LogP contribution in [0.15, 0.2) is 24.4 Å². The minimum absolute atomic E-state index is 0.00901. The topological polar surface area (TPSA) is 57.8 Å². The Kier molecular flexibility index (Phi) is 3.73. The summed E-state index contributed by atoms with van der Waals surface area (Å²) >= 11 is 2.01. The van der Waals surface area contributed by atoms with Crippen molar-refractivity contribution in [3.05, 3.63) is 30.0 Å². The molecule has 100 valence electrons. The molecule has 5 heteroatoms. The smallest absolute Gasteiger partial charge is 0.251 e. The molecule has 0 saturated carbocycles. The van der Waals surface area contributed by atoms with Gasteiger partial charge < -0.3 is 5.32 Å². The van der Waals surface area contributed by atoms with Gasteiger partial charge in [0.05, 0.1) is 11.7 Å². The number of rotatable bonds is 3. The third kappa shape index (κ3) is 2.92. The number of amides is 1. The van der Waals surface area contributed by atoms with Crippen molar-refractivity contribution in [2.24, 2.45) is 5.92 Å². The molecule has 0 unspecified atom stereocenters. The van der Waals surface area contributed by atoms with Crippen LogP contribution >= 0.6 is 11.8 Å². The van der Waals surface area contributed by atoms with Crippen molar-refractivity contribution in [3.8, 4) is 0 Å². The Balaban J connectivity index is 1.62. The molecule has 1 amide bonds. The minimum Gasteiger partial charge on any atom is -0.352 e. The Labute approximate surface area is 116 Å². The van der Waals surface area contributed by atoms with Crippen molar-refractivity contribution in [2.75, 3.05) is 18.1 Å². The number of aromatic nitrogens is 2. The second-order valence-corrected chi connectivity index (χ2v) is 6.16. The molecule has 0 aliphatic carbocycles. The number of hydrogen-bond donors (Lipinski definition) is 2. The number of benzene rings is 1. The minimum atomic E-state index is 0.00901. The van der Waals surface area contributed by atoms with Crippen molar-refractivity contribution in [2.45, 2.75) is 12.8 Å². The summed E-state index contributed by atoms with van der Waals surface area (Å²) in [6, 6.07) is 5.63. The van der Waals surface area contributed by atoms with Gasteiger partial charge in [-0.3, -0.25) is 9.89 Å². The largest absolute Gasteiger partial charge is 0.352 e. The molecule has 1 aliphatic rings. The Morgan fingerprint density at radius 3 is 3.11 bits per heavy atom. The van der Waals surface area contributed by atoms with E-state index in [0.717, 1.165) is 17.4 Å². The average Bonchev–Trinajstić information content (AvgIpc) is 2.93. The first-order valence-electron chi connectivity index (χ1n) is 6.62. The summed E-state index contributed by atoms with van der Waals surface area (Å²) in [5.41, 5.74) is 1.60. The molecular formula is C14H17N3OS. The molecular weight excluding hydrogens is 258 g/mol. The van der Waals surface area contributed by atoms with Crippen LogP contribution in [-0.4, -0.2) is 34.2 Å². The first-order chi connectivity index (χ1) is 9.33. The van der Waals surface area contributed by atoms with Gasteiger partial charge in [-0.25, -0.2) is 0 Å². The Hall–Kier alpha value is -1.49. The van der Waals surface area contributed by atoms with Crippen LogP contribution in [0, 0.1) is 5.92 Å². The van der Waals surface area contributed by atoms with E-state index < -0.39 is 0 Å². The molecule has 2 aromatic rings. The molecule has 0 spiro atoms. The number of carbonyl (C=O) groups is 1. The van der Waals surface area contributed by atoms with Gasteiger partial charge in [-0.15, -0.1) is 0 Å². The predicted molar refractivity (Wildman–Crippen MR) is 78.5 cm³/mol. The van der Waals surface area contributed by atoms with E-state index in [0.29, 0.717) is 11.5 Å². The summed E-state index contributed by atoms with van der Waals surface area (Å²) in [6.45, 7) is 0.792. The van der Waals surface area contributed by atoms with Gasteiger partial charge in [0.25, 0.3) is 5.91 Å². The van der Waals surface area contributed by atoms with E-state index in [1.807, 2.05) is 30.0 Å². The Morgan fingerprint density at radius 1 is 1.42 bits per heavy atom. The highest BCUT2D eigenvalue weighted by atomic mass is 32.2. The molecule has 1 saturated heterocycles. The molecule has 2 heterocycles. The van der Waals surface area contributed by atoms with Crippen LogP contribution in [0.1, 0.15) is 23.2 Å². The lowest BCUT2D eigenvalue weighted by Crippen LogP contribution is -2.30. The quantitative estimate of drug-likeness (QED) is 0.904. The van der Waals surface area contributed by atoms with Gasteiger partial charge in [0, 0.05) is 17.5 Å². The molecule has 0 radical (unpaired) electrons. The van der Waals surface area contributed by atoms with Crippen molar-refractivity contribution in [3.63, 3.8) is 0 Å². The maximum absolute atomic E-state index is 12.1. The van der Waals surface area contributed by atoms with E-state index >= 15 is 0 Å². The lowest BCUT2D eigenvalue weighted by molar-refractivity contribution is 0.0946. The van der Waals surface area contributed by atoms with Gasteiger partial charge in [-0.05, 0) is 42.4 Å². The maximum Gasteiger partial charge on any atom is 0.251 e. The van der Waals surface area contributed by atoms with Crippen LogP contribution in [0.5, 0.6) is 0 Å². The van der Waals surface area contributed by atoms with Crippen LogP contribution in [0.3, 0.4) is 0 Å². The van der Waals surface area contributed by atoms with Gasteiger partial charge in [0.15, 0.2) is 0 Å². The first kappa shape index (κ1) is 12.5. The lowest BCUT2D eigenvalue weighted by atomic mass is 10.0. The van der Waals surface area contributed by atoms with Gasteiger partial charge in [-0.2, -0.15) is 16.9 Å². The zero-order chi connectivity index (χ0) is 13.1. The molecule has 1 aromatic heterocycles. The zero-order valence-electron chi connectivity index (χ0n) is 10.7. The van der Waals surface area contributed by atoms with E-state index in [1.165, 1.54) is 24.3 Å². The van der Waals surface area contributed by atoms with Crippen molar-refractivity contribution in [1.29, 1.82) is 0 Å². The normalized spacial score (nSPS) is 16.6. The molecule has 1 aliphatic heterocycles. The van der Waals surface area contributed by atoms with Gasteiger partial charge in [0.2, 0.25) is 0 Å². The van der Waals surface area contributed by atoms with Crippen LogP contribution < -0.4 is 5.32 Å². The number of carbonyl (C=O) groups excluding carboxylic acids is 1. The summed E-state index contributed by atoms with van der Waals surface area (Å²) in [6.07, 6.45) is 4.19. The van der Waals surface area contributed by atoms with Crippen molar-refractivity contribution >= 4 is 28.6 Å². The van der Waals surface area contributed by atoms with Crippen molar-refractivity contribution < 1.29 is 4.79 Å². The average molecular weight is 275 g/mol. The van der Waals surface area contributed by atoms with E-state index in [4.69, 9.17) is 0 Å². The number of hydrogen-bond acceptors (Lipinski definition) is 3. The zero-order valence-corrected chi connectivity index (χ0v) is 11.5. The van der Waals surface area contributed by atoms with Gasteiger partial charge in [0.1, 0.15) is 0 Å². The second-order valence-electron chi connectivity index (χ2n) is 4.94. The highest BCUT2D eigenvalue weighted by molar-refractivity contribution is 7.99.